The number of hydrogen-bond donors (Lipinski definition) is 0. The van der Waals surface area contributed by atoms with Crippen molar-refractivity contribution in [1.29, 1.82) is 0 Å². The number of halogens is 1. The number of benzene rings is 3. The number of rotatable bonds is 3. The molecule has 104 valence electrons. The van der Waals surface area contributed by atoms with Gasteiger partial charge in [0, 0.05) is 6.04 Å². The summed E-state index contributed by atoms with van der Waals surface area (Å²) in [7, 11) is 0. The van der Waals surface area contributed by atoms with Gasteiger partial charge < -0.3 is 0 Å². The molecule has 0 radical (unpaired) electrons. The molecule has 0 aromatic heterocycles. The maximum absolute atomic E-state index is 13.7. The summed E-state index contributed by atoms with van der Waals surface area (Å²) in [6.07, 6.45) is 0. The first-order valence-electron chi connectivity index (χ1n) is 6.69. The van der Waals surface area contributed by atoms with Gasteiger partial charge in [0.2, 0.25) is 0 Å². The maximum Gasteiger partial charge on any atom is 0.123 e. The maximum atomic E-state index is 13.7. The van der Waals surface area contributed by atoms with Gasteiger partial charge in [-0.05, 0) is 28.0 Å². The summed E-state index contributed by atoms with van der Waals surface area (Å²) in [6, 6.07) is 24.5. The summed E-state index contributed by atoms with van der Waals surface area (Å²) in [6.45, 7) is 0. The summed E-state index contributed by atoms with van der Waals surface area (Å²) in [4.78, 5) is 0. The van der Waals surface area contributed by atoms with Crippen molar-refractivity contribution < 1.29 is 4.39 Å². The fourth-order valence-electron chi connectivity index (χ4n) is 2.40. The minimum Gasteiger partial charge on any atom is -0.207 e. The normalized spacial score (nSPS) is 11.3. The molecule has 0 spiro atoms. The first kappa shape index (κ1) is 14.2. The molecule has 0 unspecified atom stereocenters. The molecule has 0 atom stereocenters. The SMILES string of the molecule is Fc1cccc(P(=S)(c2ccccc2)c2ccccc2)c1. The molecule has 0 aliphatic carbocycles. The predicted octanol–water partition coefficient (Wildman–Crippen LogP) is 3.58. The van der Waals surface area contributed by atoms with Crippen molar-refractivity contribution in [3.8, 4) is 0 Å². The molecule has 3 aromatic rings. The Balaban J connectivity index is 2.29. The lowest BCUT2D eigenvalue weighted by atomic mass is 10.3. The molecule has 0 aliphatic heterocycles. The second-order valence-corrected chi connectivity index (χ2v) is 9.17. The molecule has 3 rings (SSSR count). The van der Waals surface area contributed by atoms with Crippen LogP contribution < -0.4 is 15.9 Å². The molecule has 3 aromatic carbocycles. The zero-order valence-corrected chi connectivity index (χ0v) is 13.0. The van der Waals surface area contributed by atoms with Gasteiger partial charge >= 0.3 is 0 Å². The van der Waals surface area contributed by atoms with Crippen molar-refractivity contribution >= 4 is 33.8 Å². The van der Waals surface area contributed by atoms with E-state index in [0.29, 0.717) is 0 Å². The minimum atomic E-state index is -2.21. The fourth-order valence-corrected chi connectivity index (χ4v) is 6.15. The van der Waals surface area contributed by atoms with Gasteiger partial charge in [-0.2, -0.15) is 0 Å². The third-order valence-electron chi connectivity index (χ3n) is 3.41. The lowest BCUT2D eigenvalue weighted by Crippen LogP contribution is -2.24. The molecule has 0 N–H and O–H groups in total. The van der Waals surface area contributed by atoms with Gasteiger partial charge in [0.25, 0.3) is 0 Å². The average molecular weight is 312 g/mol. The Hall–Kier alpha value is -1.76. The highest BCUT2D eigenvalue weighted by Crippen LogP contribution is 2.42. The van der Waals surface area contributed by atoms with Crippen LogP contribution in [0.25, 0.3) is 0 Å². The van der Waals surface area contributed by atoms with E-state index < -0.39 is 6.04 Å². The Bertz CT molecular complexity index is 741. The lowest BCUT2D eigenvalue weighted by molar-refractivity contribution is 0.629. The summed E-state index contributed by atoms with van der Waals surface area (Å²) in [5.41, 5.74) is 0. The van der Waals surface area contributed by atoms with Crippen LogP contribution in [-0.4, -0.2) is 0 Å². The van der Waals surface area contributed by atoms with Crippen LogP contribution in [0, 0.1) is 5.82 Å². The van der Waals surface area contributed by atoms with E-state index in [9.17, 15) is 4.39 Å². The monoisotopic (exact) mass is 312 g/mol. The molecule has 0 aliphatic rings. The van der Waals surface area contributed by atoms with Crippen molar-refractivity contribution in [2.75, 3.05) is 0 Å². The van der Waals surface area contributed by atoms with E-state index in [4.69, 9.17) is 11.8 Å². The molecule has 0 bridgehead atoms. The second-order valence-electron chi connectivity index (χ2n) is 4.76. The zero-order chi connectivity index (χ0) is 14.7. The molecule has 0 nitrogen and oxygen atoms in total. The van der Waals surface area contributed by atoms with Gasteiger partial charge in [0.1, 0.15) is 5.82 Å². The van der Waals surface area contributed by atoms with Gasteiger partial charge in [-0.1, -0.05) is 84.6 Å². The quantitative estimate of drug-likeness (QED) is 0.666. The molecule has 3 heteroatoms. The average Bonchev–Trinajstić information content (AvgIpc) is 2.56. The Morgan fingerprint density at radius 2 is 1.10 bits per heavy atom. The van der Waals surface area contributed by atoms with E-state index in [1.54, 1.807) is 12.1 Å². The van der Waals surface area contributed by atoms with Gasteiger partial charge in [-0.25, -0.2) is 4.39 Å². The molecule has 0 saturated carbocycles. The highest BCUT2D eigenvalue weighted by Gasteiger charge is 2.24. The van der Waals surface area contributed by atoms with E-state index in [2.05, 4.69) is 0 Å². The smallest absolute Gasteiger partial charge is 0.123 e. The van der Waals surface area contributed by atoms with Gasteiger partial charge in [-0.3, -0.25) is 0 Å². The topological polar surface area (TPSA) is 0 Å². The lowest BCUT2D eigenvalue weighted by Gasteiger charge is -2.24. The first-order valence-corrected chi connectivity index (χ1v) is 9.49. The van der Waals surface area contributed by atoms with E-state index in [0.717, 1.165) is 15.9 Å². The van der Waals surface area contributed by atoms with Crippen LogP contribution in [-0.2, 0) is 11.8 Å². The van der Waals surface area contributed by atoms with Gasteiger partial charge in [0.15, 0.2) is 0 Å². The predicted molar refractivity (Wildman–Crippen MR) is 92.5 cm³/mol. The number of hydrogen-bond acceptors (Lipinski definition) is 1. The van der Waals surface area contributed by atoms with Crippen molar-refractivity contribution in [2.24, 2.45) is 0 Å². The summed E-state index contributed by atoms with van der Waals surface area (Å²) in [5.74, 6) is -0.242. The van der Waals surface area contributed by atoms with E-state index >= 15 is 0 Å². The van der Waals surface area contributed by atoms with Crippen LogP contribution in [0.5, 0.6) is 0 Å². The second kappa shape index (κ2) is 5.93. The largest absolute Gasteiger partial charge is 0.207 e. The highest BCUT2D eigenvalue weighted by atomic mass is 32.4. The van der Waals surface area contributed by atoms with Crippen LogP contribution >= 0.6 is 6.04 Å². The summed E-state index contributed by atoms with van der Waals surface area (Å²) < 4.78 is 13.7. The molecular formula is C18H14FPS. The van der Waals surface area contributed by atoms with Crippen LogP contribution in [0.2, 0.25) is 0 Å². The van der Waals surface area contributed by atoms with Crippen LogP contribution in [0.15, 0.2) is 84.9 Å². The van der Waals surface area contributed by atoms with Gasteiger partial charge in [0.05, 0.1) is 0 Å². The Kier molecular flexibility index (Phi) is 4.01. The van der Waals surface area contributed by atoms with E-state index in [1.807, 2.05) is 66.7 Å². The molecule has 21 heavy (non-hydrogen) atoms. The minimum absolute atomic E-state index is 0.242. The van der Waals surface area contributed by atoms with E-state index in [-0.39, 0.29) is 5.82 Å². The molecule has 0 saturated heterocycles. The Morgan fingerprint density at radius 3 is 1.57 bits per heavy atom. The van der Waals surface area contributed by atoms with Crippen LogP contribution in [0.1, 0.15) is 0 Å². The summed E-state index contributed by atoms with van der Waals surface area (Å²) >= 11 is 6.11. The standard InChI is InChI=1S/C18H14FPS/c19-15-8-7-13-18(14-15)20(21,16-9-3-1-4-10-16)17-11-5-2-6-12-17/h1-14H. The highest BCUT2D eigenvalue weighted by molar-refractivity contribution is 8.25. The Labute approximate surface area is 129 Å². The third kappa shape index (κ3) is 2.70. The summed E-state index contributed by atoms with van der Waals surface area (Å²) in [5, 5.41) is 3.04. The van der Waals surface area contributed by atoms with Crippen molar-refractivity contribution in [1.82, 2.24) is 0 Å². The molecule has 0 heterocycles. The van der Waals surface area contributed by atoms with Crippen LogP contribution in [0.3, 0.4) is 0 Å². The zero-order valence-electron chi connectivity index (χ0n) is 11.3. The van der Waals surface area contributed by atoms with Crippen molar-refractivity contribution in [3.63, 3.8) is 0 Å². The molecule has 0 fully saturated rings. The van der Waals surface area contributed by atoms with Crippen molar-refractivity contribution in [2.45, 2.75) is 0 Å². The van der Waals surface area contributed by atoms with Crippen LogP contribution in [0.4, 0.5) is 4.39 Å². The Morgan fingerprint density at radius 1 is 0.619 bits per heavy atom. The van der Waals surface area contributed by atoms with Gasteiger partial charge in [-0.15, -0.1) is 0 Å². The third-order valence-corrected chi connectivity index (χ3v) is 8.36. The molecular weight excluding hydrogens is 298 g/mol. The van der Waals surface area contributed by atoms with E-state index in [1.165, 1.54) is 6.07 Å². The fraction of sp³-hybridized carbons (Fsp3) is 0. The first-order chi connectivity index (χ1) is 10.2. The molecule has 0 amide bonds. The van der Waals surface area contributed by atoms with Crippen molar-refractivity contribution in [3.05, 3.63) is 90.7 Å².